The second-order valence-corrected chi connectivity index (χ2v) is 7.55. The Balaban J connectivity index is 1.65. The first-order chi connectivity index (χ1) is 14.3. The number of fused-ring (bicyclic) bond motifs is 1. The van der Waals surface area contributed by atoms with E-state index in [1.54, 1.807) is 6.33 Å². The highest BCUT2D eigenvalue weighted by Crippen LogP contribution is 2.35. The smallest absolute Gasteiger partial charge is 0.150 e. The lowest BCUT2D eigenvalue weighted by molar-refractivity contribution is 0.120. The van der Waals surface area contributed by atoms with Gasteiger partial charge in [-0.2, -0.15) is 0 Å². The Labute approximate surface area is 170 Å². The summed E-state index contributed by atoms with van der Waals surface area (Å²) in [6, 6.07) is 18.9. The highest BCUT2D eigenvalue weighted by molar-refractivity contribution is 6.02. The highest BCUT2D eigenvalue weighted by Gasteiger charge is 2.19. The zero-order valence-electron chi connectivity index (χ0n) is 16.5. The van der Waals surface area contributed by atoms with Crippen LogP contribution < -0.4 is 5.32 Å². The fourth-order valence-corrected chi connectivity index (χ4v) is 3.95. The van der Waals surface area contributed by atoms with Crippen LogP contribution in [0.4, 0.5) is 5.82 Å². The monoisotopic (exact) mass is 384 g/mol. The second-order valence-electron chi connectivity index (χ2n) is 7.55. The second kappa shape index (κ2) is 7.68. The molecule has 1 aliphatic heterocycles. The van der Waals surface area contributed by atoms with Crippen molar-refractivity contribution in [3.05, 3.63) is 72.7 Å². The van der Waals surface area contributed by atoms with E-state index < -0.39 is 0 Å². The third kappa shape index (κ3) is 3.49. The van der Waals surface area contributed by atoms with Crippen LogP contribution in [-0.4, -0.2) is 33.8 Å². The van der Waals surface area contributed by atoms with E-state index in [9.17, 15) is 0 Å². The normalized spacial score (nSPS) is 16.4. The Bertz CT molecular complexity index is 1110. The summed E-state index contributed by atoms with van der Waals surface area (Å²) in [5.41, 5.74) is 5.50. The van der Waals surface area contributed by atoms with Crippen LogP contribution in [0.3, 0.4) is 0 Å². The van der Waals surface area contributed by atoms with Crippen LogP contribution in [0.25, 0.3) is 27.8 Å². The molecule has 0 radical (unpaired) electrons. The molecule has 2 aromatic carbocycles. The number of ether oxygens (including phenoxy) is 1. The van der Waals surface area contributed by atoms with E-state index in [-0.39, 0.29) is 6.10 Å². The van der Waals surface area contributed by atoms with Gasteiger partial charge in [-0.05, 0) is 37.5 Å². The first kappa shape index (κ1) is 17.9. The van der Waals surface area contributed by atoms with Crippen molar-refractivity contribution in [1.29, 1.82) is 0 Å². The van der Waals surface area contributed by atoms with Gasteiger partial charge in [-0.25, -0.2) is 9.97 Å². The minimum atomic E-state index is 0.249. The number of nitrogens with zero attached hydrogens (tertiary/aromatic N) is 3. The molecular weight excluding hydrogens is 360 g/mol. The van der Waals surface area contributed by atoms with Gasteiger partial charge in [0.05, 0.1) is 11.5 Å². The maximum absolute atomic E-state index is 5.78. The van der Waals surface area contributed by atoms with Crippen LogP contribution in [0.2, 0.25) is 0 Å². The molecule has 0 bridgehead atoms. The molecule has 5 rings (SSSR count). The molecular formula is C24H24N4O. The van der Waals surface area contributed by atoms with E-state index in [4.69, 9.17) is 4.74 Å². The van der Waals surface area contributed by atoms with E-state index in [1.807, 2.05) is 6.07 Å². The van der Waals surface area contributed by atoms with Crippen molar-refractivity contribution in [2.45, 2.75) is 25.9 Å². The SMILES string of the molecule is Cc1ccc(-n2cc(-c3ccccc3)c3c(NC[C@H]4CCCO4)ncnc32)cc1. The summed E-state index contributed by atoms with van der Waals surface area (Å²) in [5.74, 6) is 0.857. The molecule has 4 aromatic rings. The first-order valence-corrected chi connectivity index (χ1v) is 10.1. The van der Waals surface area contributed by atoms with Gasteiger partial charge < -0.3 is 14.6 Å². The summed E-state index contributed by atoms with van der Waals surface area (Å²) >= 11 is 0. The average Bonchev–Trinajstić information content (AvgIpc) is 3.42. The van der Waals surface area contributed by atoms with Crippen molar-refractivity contribution in [2.75, 3.05) is 18.5 Å². The third-order valence-electron chi connectivity index (χ3n) is 5.50. The minimum absolute atomic E-state index is 0.249. The summed E-state index contributed by atoms with van der Waals surface area (Å²) in [4.78, 5) is 9.23. The van der Waals surface area contributed by atoms with Crippen molar-refractivity contribution in [3.63, 3.8) is 0 Å². The van der Waals surface area contributed by atoms with Gasteiger partial charge in [0, 0.05) is 30.6 Å². The van der Waals surface area contributed by atoms with E-state index >= 15 is 0 Å². The van der Waals surface area contributed by atoms with Gasteiger partial charge in [-0.3, -0.25) is 0 Å². The molecule has 3 heterocycles. The van der Waals surface area contributed by atoms with Gasteiger partial charge in [0.2, 0.25) is 0 Å². The molecule has 1 aliphatic rings. The summed E-state index contributed by atoms with van der Waals surface area (Å²) in [6.07, 6.45) is 6.28. The molecule has 5 nitrogen and oxygen atoms in total. The maximum atomic E-state index is 5.78. The van der Waals surface area contributed by atoms with Crippen LogP contribution in [-0.2, 0) is 4.74 Å². The Morgan fingerprint density at radius 1 is 1.07 bits per heavy atom. The van der Waals surface area contributed by atoms with Crippen LogP contribution >= 0.6 is 0 Å². The first-order valence-electron chi connectivity index (χ1n) is 10.1. The minimum Gasteiger partial charge on any atom is -0.376 e. The fraction of sp³-hybridized carbons (Fsp3) is 0.250. The van der Waals surface area contributed by atoms with Crippen molar-refractivity contribution < 1.29 is 4.74 Å². The Morgan fingerprint density at radius 2 is 1.90 bits per heavy atom. The lowest BCUT2D eigenvalue weighted by Crippen LogP contribution is -2.19. The van der Waals surface area contributed by atoms with Crippen molar-refractivity contribution in [2.24, 2.45) is 0 Å². The third-order valence-corrected chi connectivity index (χ3v) is 5.50. The zero-order valence-corrected chi connectivity index (χ0v) is 16.5. The van der Waals surface area contributed by atoms with Gasteiger partial charge >= 0.3 is 0 Å². The summed E-state index contributed by atoms with van der Waals surface area (Å²) in [5, 5.41) is 4.56. The zero-order chi connectivity index (χ0) is 19.6. The number of anilines is 1. The van der Waals surface area contributed by atoms with Crippen molar-refractivity contribution in [3.8, 4) is 16.8 Å². The van der Waals surface area contributed by atoms with E-state index in [1.165, 1.54) is 5.56 Å². The summed E-state index contributed by atoms with van der Waals surface area (Å²) in [6.45, 7) is 3.71. The van der Waals surface area contributed by atoms with Gasteiger partial charge in [-0.15, -0.1) is 0 Å². The van der Waals surface area contributed by atoms with Gasteiger partial charge in [0.15, 0.2) is 5.65 Å². The molecule has 0 unspecified atom stereocenters. The number of hydrogen-bond donors (Lipinski definition) is 1. The Morgan fingerprint density at radius 3 is 2.66 bits per heavy atom. The molecule has 146 valence electrons. The lowest BCUT2D eigenvalue weighted by Gasteiger charge is -2.12. The Kier molecular flexibility index (Phi) is 4.74. The predicted molar refractivity (Wildman–Crippen MR) is 117 cm³/mol. The van der Waals surface area contributed by atoms with Crippen molar-refractivity contribution >= 4 is 16.9 Å². The van der Waals surface area contributed by atoms with E-state index in [2.05, 4.69) is 81.5 Å². The van der Waals surface area contributed by atoms with Gasteiger partial charge in [0.25, 0.3) is 0 Å². The van der Waals surface area contributed by atoms with Gasteiger partial charge in [-0.1, -0.05) is 48.0 Å². The predicted octanol–water partition coefficient (Wildman–Crippen LogP) is 4.99. The molecule has 0 spiro atoms. The maximum Gasteiger partial charge on any atom is 0.150 e. The number of aromatic nitrogens is 3. The molecule has 1 N–H and O–H groups in total. The molecule has 0 aliphatic carbocycles. The quantitative estimate of drug-likeness (QED) is 0.527. The summed E-state index contributed by atoms with van der Waals surface area (Å²) in [7, 11) is 0. The Hall–Kier alpha value is -3.18. The van der Waals surface area contributed by atoms with Crippen LogP contribution in [0.5, 0.6) is 0 Å². The van der Waals surface area contributed by atoms with Crippen LogP contribution in [0.15, 0.2) is 67.1 Å². The molecule has 1 saturated heterocycles. The van der Waals surface area contributed by atoms with E-state index in [0.29, 0.717) is 0 Å². The van der Waals surface area contributed by atoms with Crippen LogP contribution in [0, 0.1) is 6.92 Å². The average molecular weight is 384 g/mol. The topological polar surface area (TPSA) is 52.0 Å². The fourth-order valence-electron chi connectivity index (χ4n) is 3.95. The summed E-state index contributed by atoms with van der Waals surface area (Å²) < 4.78 is 7.93. The number of nitrogens with one attached hydrogen (secondary N) is 1. The molecule has 5 heteroatoms. The lowest BCUT2D eigenvalue weighted by atomic mass is 10.1. The molecule has 29 heavy (non-hydrogen) atoms. The van der Waals surface area contributed by atoms with Crippen molar-refractivity contribution in [1.82, 2.24) is 14.5 Å². The number of hydrogen-bond acceptors (Lipinski definition) is 4. The standard InChI is InChI=1S/C24H24N4O/c1-17-9-11-19(12-10-17)28-15-21(18-6-3-2-4-7-18)22-23(26-16-27-24(22)28)25-14-20-8-5-13-29-20/h2-4,6-7,9-12,15-16,20H,5,8,13-14H2,1H3,(H,25,26,27)/t20-/m1/s1. The van der Waals surface area contributed by atoms with Gasteiger partial charge in [0.1, 0.15) is 12.1 Å². The highest BCUT2D eigenvalue weighted by atomic mass is 16.5. The number of aryl methyl sites for hydroxylation is 1. The molecule has 1 fully saturated rings. The molecule has 0 saturated carbocycles. The molecule has 0 amide bonds. The number of benzene rings is 2. The largest absolute Gasteiger partial charge is 0.376 e. The molecule has 2 aromatic heterocycles. The number of rotatable bonds is 5. The van der Waals surface area contributed by atoms with Crippen LogP contribution in [0.1, 0.15) is 18.4 Å². The molecule has 1 atom stereocenters. The van der Waals surface area contributed by atoms with E-state index in [0.717, 1.165) is 59.7 Å².